The Kier molecular flexibility index (Phi) is 3.08. The number of phenolic OH excluding ortho intramolecular Hbond substituents is 1. The van der Waals surface area contributed by atoms with Crippen molar-refractivity contribution in [3.63, 3.8) is 0 Å². The predicted octanol–water partition coefficient (Wildman–Crippen LogP) is 7.20. The summed E-state index contributed by atoms with van der Waals surface area (Å²) in [7, 11) is 0. The molecule has 0 heterocycles. The summed E-state index contributed by atoms with van der Waals surface area (Å²) in [5.41, 5.74) is 10.9. The molecule has 31 heavy (non-hydrogen) atoms. The lowest BCUT2D eigenvalue weighted by Gasteiger charge is -2.40. The fourth-order valence-corrected chi connectivity index (χ4v) is 6.13. The number of benzene rings is 5. The van der Waals surface area contributed by atoms with Gasteiger partial charge in [-0.1, -0.05) is 84.9 Å². The van der Waals surface area contributed by atoms with Crippen LogP contribution in [-0.2, 0) is 5.41 Å². The topological polar surface area (TPSA) is 20.2 Å². The molecule has 1 N–H and O–H groups in total. The molecule has 2 aliphatic carbocycles. The smallest absolute Gasteiger partial charge is 0.115 e. The van der Waals surface area contributed by atoms with Crippen molar-refractivity contribution in [1.29, 1.82) is 0 Å². The first-order chi connectivity index (χ1) is 15.2. The number of fused-ring (bicyclic) bond motifs is 9. The first-order valence-electron chi connectivity index (χ1n) is 10.8. The Morgan fingerprint density at radius 2 is 1.16 bits per heavy atom. The molecule has 5 aromatic rings. The summed E-state index contributed by atoms with van der Waals surface area (Å²) in [4.78, 5) is 0. The summed E-state index contributed by atoms with van der Waals surface area (Å²) in [5, 5.41) is 13.2. The van der Waals surface area contributed by atoms with Crippen LogP contribution in [0.25, 0.3) is 33.0 Å². The highest BCUT2D eigenvalue weighted by atomic mass is 16.3. The molecule has 0 radical (unpaired) electrons. The lowest BCUT2D eigenvalue weighted by Crippen LogP contribution is -2.31. The molecule has 0 fully saturated rings. The van der Waals surface area contributed by atoms with E-state index in [1.54, 1.807) is 0 Å². The van der Waals surface area contributed by atoms with E-state index in [2.05, 4.69) is 91.9 Å². The van der Waals surface area contributed by atoms with Crippen LogP contribution in [0.3, 0.4) is 0 Å². The van der Waals surface area contributed by atoms with E-state index in [4.69, 9.17) is 0 Å². The third-order valence-electron chi connectivity index (χ3n) is 7.31. The average molecular weight is 396 g/mol. The van der Waals surface area contributed by atoms with Gasteiger partial charge in [-0.15, -0.1) is 0 Å². The van der Waals surface area contributed by atoms with E-state index in [1.165, 1.54) is 55.3 Å². The van der Waals surface area contributed by atoms with Crippen molar-refractivity contribution in [2.75, 3.05) is 0 Å². The molecule has 146 valence electrons. The molecule has 7 rings (SSSR count). The molecule has 5 aromatic carbocycles. The summed E-state index contributed by atoms with van der Waals surface area (Å²) in [6.07, 6.45) is 0. The van der Waals surface area contributed by atoms with Gasteiger partial charge in [-0.25, -0.2) is 0 Å². The van der Waals surface area contributed by atoms with Crippen molar-refractivity contribution in [3.8, 4) is 28.0 Å². The Bertz CT molecular complexity index is 1510. The first kappa shape index (κ1) is 16.9. The zero-order valence-corrected chi connectivity index (χ0v) is 17.2. The van der Waals surface area contributed by atoms with Crippen molar-refractivity contribution in [2.45, 2.75) is 12.3 Å². The second-order valence-electron chi connectivity index (χ2n) is 8.73. The first-order valence-corrected chi connectivity index (χ1v) is 10.8. The van der Waals surface area contributed by atoms with Gasteiger partial charge in [0.1, 0.15) is 5.75 Å². The quantitative estimate of drug-likeness (QED) is 0.287. The van der Waals surface area contributed by atoms with Gasteiger partial charge in [0.25, 0.3) is 0 Å². The molecule has 0 aromatic heterocycles. The minimum absolute atomic E-state index is 0.308. The minimum atomic E-state index is -0.443. The SMILES string of the molecule is Cc1ccc2c3c(cccc13)C1(c3ccccc3-c3ccccc31)c1cc(O)ccc1-2. The number of aryl methyl sites for hydroxylation is 1. The molecule has 0 saturated heterocycles. The fourth-order valence-electron chi connectivity index (χ4n) is 6.13. The van der Waals surface area contributed by atoms with Gasteiger partial charge in [-0.2, -0.15) is 0 Å². The summed E-state index contributed by atoms with van der Waals surface area (Å²) in [6, 6.07) is 34.6. The van der Waals surface area contributed by atoms with Gasteiger partial charge >= 0.3 is 0 Å². The van der Waals surface area contributed by atoms with Crippen LogP contribution in [0.2, 0.25) is 0 Å². The fraction of sp³-hybridized carbons (Fsp3) is 0.0667. The summed E-state index contributed by atoms with van der Waals surface area (Å²) >= 11 is 0. The maximum Gasteiger partial charge on any atom is 0.115 e. The highest BCUT2D eigenvalue weighted by molar-refractivity contribution is 6.07. The standard InChI is InChI=1S/C30H20O/c1-18-13-15-24-23-16-14-19(31)17-28(23)30(27-12-6-9-20(18)29(24)27)25-10-4-2-7-21(25)22-8-3-5-11-26(22)30/h2-17,31H,1H3. The molecular weight excluding hydrogens is 376 g/mol. The van der Waals surface area contributed by atoms with Crippen LogP contribution in [0.15, 0.2) is 97.1 Å². The van der Waals surface area contributed by atoms with Crippen molar-refractivity contribution < 1.29 is 5.11 Å². The van der Waals surface area contributed by atoms with Gasteiger partial charge in [-0.05, 0) is 79.9 Å². The number of phenols is 1. The van der Waals surface area contributed by atoms with Crippen molar-refractivity contribution in [1.82, 2.24) is 0 Å². The minimum Gasteiger partial charge on any atom is -0.508 e. The normalized spacial score (nSPS) is 14.4. The molecule has 0 saturated carbocycles. The van der Waals surface area contributed by atoms with Gasteiger partial charge < -0.3 is 5.11 Å². The molecule has 0 aliphatic heterocycles. The van der Waals surface area contributed by atoms with Crippen molar-refractivity contribution in [3.05, 3.63) is 125 Å². The molecule has 0 amide bonds. The highest BCUT2D eigenvalue weighted by Gasteiger charge is 2.50. The second-order valence-corrected chi connectivity index (χ2v) is 8.73. The van der Waals surface area contributed by atoms with Gasteiger partial charge in [0.05, 0.1) is 5.41 Å². The van der Waals surface area contributed by atoms with Gasteiger partial charge in [0.15, 0.2) is 0 Å². The van der Waals surface area contributed by atoms with E-state index in [0.717, 1.165) is 5.56 Å². The average Bonchev–Trinajstić information content (AvgIpc) is 3.10. The molecule has 1 spiro atoms. The van der Waals surface area contributed by atoms with Crippen molar-refractivity contribution in [2.24, 2.45) is 0 Å². The van der Waals surface area contributed by atoms with E-state index in [0.29, 0.717) is 5.75 Å². The number of rotatable bonds is 0. The Morgan fingerprint density at radius 3 is 1.90 bits per heavy atom. The third-order valence-corrected chi connectivity index (χ3v) is 7.31. The van der Waals surface area contributed by atoms with E-state index < -0.39 is 5.41 Å². The van der Waals surface area contributed by atoms with Crippen LogP contribution >= 0.6 is 0 Å². The zero-order valence-electron chi connectivity index (χ0n) is 17.2. The highest BCUT2D eigenvalue weighted by Crippen LogP contribution is 2.62. The number of hydrogen-bond acceptors (Lipinski definition) is 1. The molecule has 0 atom stereocenters. The second kappa shape index (κ2) is 5.65. The molecule has 2 aliphatic rings. The van der Waals surface area contributed by atoms with E-state index in [1.807, 2.05) is 12.1 Å². The molecule has 1 heteroatoms. The lowest BCUT2D eigenvalue weighted by molar-refractivity contribution is 0.473. The van der Waals surface area contributed by atoms with Crippen LogP contribution in [-0.4, -0.2) is 5.11 Å². The lowest BCUT2D eigenvalue weighted by atomic mass is 9.61. The summed E-state index contributed by atoms with van der Waals surface area (Å²) < 4.78 is 0. The summed E-state index contributed by atoms with van der Waals surface area (Å²) in [6.45, 7) is 2.19. The largest absolute Gasteiger partial charge is 0.508 e. The van der Waals surface area contributed by atoms with E-state index in [9.17, 15) is 5.11 Å². The monoisotopic (exact) mass is 396 g/mol. The Labute approximate surface area is 181 Å². The van der Waals surface area contributed by atoms with Gasteiger partial charge in [0, 0.05) is 0 Å². The molecular formula is C30H20O. The van der Waals surface area contributed by atoms with E-state index in [-0.39, 0.29) is 0 Å². The van der Waals surface area contributed by atoms with Crippen LogP contribution < -0.4 is 0 Å². The molecule has 0 bridgehead atoms. The Hall–Kier alpha value is -3.84. The Balaban J connectivity index is 1.81. The summed E-state index contributed by atoms with van der Waals surface area (Å²) in [5.74, 6) is 0.308. The Morgan fingerprint density at radius 1 is 0.548 bits per heavy atom. The van der Waals surface area contributed by atoms with Crippen LogP contribution in [0.1, 0.15) is 27.8 Å². The number of aromatic hydroxyl groups is 1. The third kappa shape index (κ3) is 1.88. The number of hydrogen-bond donors (Lipinski definition) is 1. The zero-order chi connectivity index (χ0) is 20.7. The van der Waals surface area contributed by atoms with Crippen molar-refractivity contribution >= 4 is 10.8 Å². The van der Waals surface area contributed by atoms with E-state index >= 15 is 0 Å². The van der Waals surface area contributed by atoms with Gasteiger partial charge in [0.2, 0.25) is 0 Å². The maximum absolute atomic E-state index is 10.6. The van der Waals surface area contributed by atoms with Crippen LogP contribution in [0, 0.1) is 6.92 Å². The molecule has 1 nitrogen and oxygen atoms in total. The predicted molar refractivity (Wildman–Crippen MR) is 127 cm³/mol. The van der Waals surface area contributed by atoms with Crippen LogP contribution in [0.5, 0.6) is 5.75 Å². The van der Waals surface area contributed by atoms with Crippen LogP contribution in [0.4, 0.5) is 0 Å². The molecule has 0 unspecified atom stereocenters. The maximum atomic E-state index is 10.6. The van der Waals surface area contributed by atoms with Gasteiger partial charge in [-0.3, -0.25) is 0 Å².